The van der Waals surface area contributed by atoms with E-state index in [1.807, 2.05) is 30.8 Å². The van der Waals surface area contributed by atoms with Gasteiger partial charge >= 0.3 is 0 Å². The fraction of sp³-hybridized carbons (Fsp3) is 0.591. The van der Waals surface area contributed by atoms with Crippen LogP contribution in [0.4, 0.5) is 0 Å². The fourth-order valence-electron chi connectivity index (χ4n) is 4.37. The Labute approximate surface area is 171 Å². The molecule has 7 nitrogen and oxygen atoms in total. The van der Waals surface area contributed by atoms with Crippen molar-refractivity contribution < 1.29 is 4.79 Å². The quantitative estimate of drug-likeness (QED) is 0.782. The first-order chi connectivity index (χ1) is 13.9. The van der Waals surface area contributed by atoms with Crippen LogP contribution in [0.5, 0.6) is 0 Å². The number of hydrogen-bond donors (Lipinski definition) is 2. The van der Waals surface area contributed by atoms with Gasteiger partial charge in [-0.3, -0.25) is 14.3 Å². The number of piperidine rings is 1. The van der Waals surface area contributed by atoms with E-state index in [4.69, 9.17) is 0 Å². The van der Waals surface area contributed by atoms with E-state index >= 15 is 0 Å². The molecule has 0 atom stereocenters. The molecule has 2 aromatic rings. The van der Waals surface area contributed by atoms with Crippen LogP contribution in [0.25, 0.3) is 0 Å². The molecule has 2 aliphatic rings. The van der Waals surface area contributed by atoms with Crippen LogP contribution in [0, 0.1) is 26.2 Å². The Kier molecular flexibility index (Phi) is 5.34. The Balaban J connectivity index is 1.47. The highest BCUT2D eigenvalue weighted by molar-refractivity contribution is 5.95. The molecule has 0 bridgehead atoms. The molecule has 1 aliphatic carbocycles. The van der Waals surface area contributed by atoms with Crippen LogP contribution < -0.4 is 16.2 Å². The molecule has 7 heteroatoms. The van der Waals surface area contributed by atoms with Crippen molar-refractivity contribution in [1.82, 2.24) is 25.0 Å². The van der Waals surface area contributed by atoms with Gasteiger partial charge in [-0.1, -0.05) is 0 Å². The molecule has 156 valence electrons. The normalized spacial score (nSPS) is 18.6. The summed E-state index contributed by atoms with van der Waals surface area (Å²) < 4.78 is 3.79. The monoisotopic (exact) mass is 397 g/mol. The standard InChI is InChI=1S/C22H31N5O2/c1-15-6-11-26(18-4-9-23-10-5-18)21(29)19(15)20(28)24-13-22(7-8-22)14-27-17(3)12-16(2)25-27/h6,11-12,18,23H,4-5,7-10,13-14H2,1-3H3,(H,24,28). The van der Waals surface area contributed by atoms with Gasteiger partial charge in [0.2, 0.25) is 0 Å². The molecular weight excluding hydrogens is 366 g/mol. The largest absolute Gasteiger partial charge is 0.351 e. The summed E-state index contributed by atoms with van der Waals surface area (Å²) in [7, 11) is 0. The molecule has 0 unspecified atom stereocenters. The number of amides is 1. The second-order valence-corrected chi connectivity index (χ2v) is 8.83. The number of hydrogen-bond acceptors (Lipinski definition) is 4. The van der Waals surface area contributed by atoms with Crippen LogP contribution >= 0.6 is 0 Å². The smallest absolute Gasteiger partial charge is 0.263 e. The van der Waals surface area contributed by atoms with Crippen molar-refractivity contribution in [3.63, 3.8) is 0 Å². The van der Waals surface area contributed by atoms with Gasteiger partial charge in [-0.15, -0.1) is 0 Å². The number of nitrogens with one attached hydrogen (secondary N) is 2. The summed E-state index contributed by atoms with van der Waals surface area (Å²) in [4.78, 5) is 26.0. The van der Waals surface area contributed by atoms with E-state index in [0.29, 0.717) is 6.54 Å². The number of carbonyl (C=O) groups is 1. The zero-order chi connectivity index (χ0) is 20.6. The highest BCUT2D eigenvalue weighted by Gasteiger charge is 2.43. The Bertz CT molecular complexity index is 964. The van der Waals surface area contributed by atoms with Crippen LogP contribution in [0.1, 0.15) is 59.0 Å². The lowest BCUT2D eigenvalue weighted by molar-refractivity contribution is 0.0939. The molecule has 29 heavy (non-hydrogen) atoms. The van der Waals surface area contributed by atoms with Crippen molar-refractivity contribution >= 4 is 5.91 Å². The molecule has 2 N–H and O–H groups in total. The zero-order valence-electron chi connectivity index (χ0n) is 17.6. The first-order valence-electron chi connectivity index (χ1n) is 10.6. The summed E-state index contributed by atoms with van der Waals surface area (Å²) in [6, 6.07) is 4.13. The van der Waals surface area contributed by atoms with E-state index in [2.05, 4.69) is 28.7 Å². The van der Waals surface area contributed by atoms with E-state index in [-0.39, 0.29) is 28.5 Å². The zero-order valence-corrected chi connectivity index (χ0v) is 17.6. The Morgan fingerprint density at radius 1 is 1.28 bits per heavy atom. The topological polar surface area (TPSA) is 81.0 Å². The molecule has 3 heterocycles. The Hall–Kier alpha value is -2.41. The van der Waals surface area contributed by atoms with Crippen LogP contribution in [0.15, 0.2) is 23.1 Å². The molecular formula is C22H31N5O2. The first-order valence-corrected chi connectivity index (χ1v) is 10.6. The number of aromatic nitrogens is 3. The molecule has 0 aromatic carbocycles. The average molecular weight is 398 g/mol. The summed E-state index contributed by atoms with van der Waals surface area (Å²) in [6.07, 6.45) is 5.80. The highest BCUT2D eigenvalue weighted by atomic mass is 16.2. The highest BCUT2D eigenvalue weighted by Crippen LogP contribution is 2.46. The van der Waals surface area contributed by atoms with Crippen LogP contribution in [-0.2, 0) is 6.54 Å². The van der Waals surface area contributed by atoms with Gasteiger partial charge in [0.1, 0.15) is 5.56 Å². The van der Waals surface area contributed by atoms with Crippen molar-refractivity contribution in [2.75, 3.05) is 19.6 Å². The van der Waals surface area contributed by atoms with Crippen molar-refractivity contribution in [2.24, 2.45) is 5.41 Å². The second-order valence-electron chi connectivity index (χ2n) is 8.83. The number of carbonyl (C=O) groups excluding carboxylic acids is 1. The molecule has 2 aromatic heterocycles. The van der Waals surface area contributed by atoms with Gasteiger partial charge in [0.15, 0.2) is 0 Å². The predicted molar refractivity (Wildman–Crippen MR) is 112 cm³/mol. The lowest BCUT2D eigenvalue weighted by Gasteiger charge is -2.25. The number of pyridine rings is 1. The van der Waals surface area contributed by atoms with Gasteiger partial charge < -0.3 is 15.2 Å². The van der Waals surface area contributed by atoms with Crippen molar-refractivity contribution in [1.29, 1.82) is 0 Å². The maximum atomic E-state index is 13.1. The summed E-state index contributed by atoms with van der Waals surface area (Å²) in [5.41, 5.74) is 3.06. The first kappa shape index (κ1) is 19.9. The summed E-state index contributed by atoms with van der Waals surface area (Å²) >= 11 is 0. The molecule has 1 aliphatic heterocycles. The average Bonchev–Trinajstić information content (AvgIpc) is 3.39. The third-order valence-electron chi connectivity index (χ3n) is 6.43. The van der Waals surface area contributed by atoms with Gasteiger partial charge in [-0.2, -0.15) is 5.10 Å². The lowest BCUT2D eigenvalue weighted by Crippen LogP contribution is -2.40. The molecule has 1 saturated carbocycles. The van der Waals surface area contributed by atoms with Crippen molar-refractivity contribution in [3.05, 3.63) is 51.2 Å². The fourth-order valence-corrected chi connectivity index (χ4v) is 4.37. The molecule has 0 radical (unpaired) electrons. The second kappa shape index (κ2) is 7.78. The van der Waals surface area contributed by atoms with Gasteiger partial charge in [-0.05, 0) is 77.2 Å². The maximum absolute atomic E-state index is 13.1. The minimum absolute atomic E-state index is 0.0512. The van der Waals surface area contributed by atoms with Gasteiger partial charge in [-0.25, -0.2) is 0 Å². The third-order valence-corrected chi connectivity index (χ3v) is 6.43. The van der Waals surface area contributed by atoms with Crippen molar-refractivity contribution in [3.8, 4) is 0 Å². The summed E-state index contributed by atoms with van der Waals surface area (Å²) in [5, 5.41) is 10.9. The molecule has 0 spiro atoms. The van der Waals surface area contributed by atoms with Gasteiger partial charge in [0, 0.05) is 36.4 Å². The SMILES string of the molecule is Cc1cc(C)n(CC2(CNC(=O)c3c(C)ccn(C4CCNCC4)c3=O)CC2)n1. The number of nitrogens with zero attached hydrogens (tertiary/aromatic N) is 3. The summed E-state index contributed by atoms with van der Waals surface area (Å²) in [5.74, 6) is -0.254. The minimum atomic E-state index is -0.254. The number of aryl methyl sites for hydroxylation is 3. The van der Waals surface area contributed by atoms with E-state index < -0.39 is 0 Å². The van der Waals surface area contributed by atoms with Crippen molar-refractivity contribution in [2.45, 2.75) is 59.0 Å². The van der Waals surface area contributed by atoms with E-state index in [1.165, 1.54) is 0 Å². The molecule has 1 amide bonds. The Morgan fingerprint density at radius 3 is 2.62 bits per heavy atom. The number of rotatable bonds is 6. The van der Waals surface area contributed by atoms with Gasteiger partial charge in [0.25, 0.3) is 11.5 Å². The molecule has 2 fully saturated rings. The third kappa shape index (κ3) is 4.15. The maximum Gasteiger partial charge on any atom is 0.263 e. The van der Waals surface area contributed by atoms with E-state index in [0.717, 1.165) is 62.3 Å². The van der Waals surface area contributed by atoms with Crippen LogP contribution in [-0.4, -0.2) is 39.9 Å². The predicted octanol–water partition coefficient (Wildman–Crippen LogP) is 2.10. The van der Waals surface area contributed by atoms with Gasteiger partial charge in [0.05, 0.1) is 5.69 Å². The van der Waals surface area contributed by atoms with Crippen LogP contribution in [0.3, 0.4) is 0 Å². The molecule has 4 rings (SSSR count). The molecule has 1 saturated heterocycles. The van der Waals surface area contributed by atoms with E-state index in [9.17, 15) is 9.59 Å². The van der Waals surface area contributed by atoms with E-state index in [1.54, 1.807) is 4.57 Å². The summed E-state index contributed by atoms with van der Waals surface area (Å²) in [6.45, 7) is 9.08. The lowest BCUT2D eigenvalue weighted by atomic mass is 10.0. The minimum Gasteiger partial charge on any atom is -0.351 e. The Morgan fingerprint density at radius 2 is 2.00 bits per heavy atom. The van der Waals surface area contributed by atoms with Crippen LogP contribution in [0.2, 0.25) is 0 Å².